The fourth-order valence-electron chi connectivity index (χ4n) is 2.01. The van der Waals surface area contributed by atoms with Gasteiger partial charge in [0, 0.05) is 13.6 Å². The molecule has 1 aliphatic rings. The number of nitrogens with zero attached hydrogens (tertiary/aromatic N) is 1. The number of hydrogen-bond donors (Lipinski definition) is 2. The molecule has 0 saturated carbocycles. The van der Waals surface area contributed by atoms with Crippen LogP contribution in [0.3, 0.4) is 0 Å². The van der Waals surface area contributed by atoms with Crippen molar-refractivity contribution in [2.24, 2.45) is 5.73 Å². The minimum atomic E-state index is -0.599. The van der Waals surface area contributed by atoms with Crippen molar-refractivity contribution >= 4 is 5.69 Å². The van der Waals surface area contributed by atoms with Gasteiger partial charge in [0.1, 0.15) is 11.9 Å². The number of hydrogen-bond acceptors (Lipinski definition) is 4. The van der Waals surface area contributed by atoms with E-state index in [0.29, 0.717) is 0 Å². The Labute approximate surface area is 95.6 Å². The van der Waals surface area contributed by atoms with Crippen molar-refractivity contribution in [2.45, 2.75) is 19.1 Å². The van der Waals surface area contributed by atoms with Crippen LogP contribution in [0.2, 0.25) is 0 Å². The quantitative estimate of drug-likeness (QED) is 0.780. The molecule has 0 saturated heterocycles. The van der Waals surface area contributed by atoms with E-state index in [9.17, 15) is 5.11 Å². The second kappa shape index (κ2) is 4.31. The molecule has 1 heterocycles. The second-order valence-corrected chi connectivity index (χ2v) is 4.29. The zero-order valence-corrected chi connectivity index (χ0v) is 9.68. The summed E-state index contributed by atoms with van der Waals surface area (Å²) < 4.78 is 5.72. The number of nitrogens with two attached hydrogens (primary N) is 1. The Hall–Kier alpha value is -1.26. The minimum absolute atomic E-state index is 0.197. The van der Waals surface area contributed by atoms with Gasteiger partial charge in [0.05, 0.1) is 18.3 Å². The van der Waals surface area contributed by atoms with Gasteiger partial charge in [0.2, 0.25) is 0 Å². The summed E-state index contributed by atoms with van der Waals surface area (Å²) >= 11 is 0. The predicted molar refractivity (Wildman–Crippen MR) is 63.8 cm³/mol. The topological polar surface area (TPSA) is 58.7 Å². The largest absolute Gasteiger partial charge is 0.487 e. The van der Waals surface area contributed by atoms with E-state index in [1.807, 2.05) is 32.2 Å². The lowest BCUT2D eigenvalue weighted by molar-refractivity contribution is 0.185. The summed E-state index contributed by atoms with van der Waals surface area (Å²) in [5.41, 5.74) is 7.30. The van der Waals surface area contributed by atoms with E-state index in [-0.39, 0.29) is 12.6 Å². The molecule has 16 heavy (non-hydrogen) atoms. The summed E-state index contributed by atoms with van der Waals surface area (Å²) in [5.74, 6) is 0.870. The number of rotatable bonds is 2. The Bertz CT molecular complexity index is 381. The molecule has 0 fully saturated rings. The van der Waals surface area contributed by atoms with Crippen molar-refractivity contribution in [3.63, 3.8) is 0 Å². The molecule has 1 aromatic rings. The van der Waals surface area contributed by atoms with Crippen LogP contribution in [0.15, 0.2) is 18.2 Å². The molecule has 4 heteroatoms. The molecule has 2 atom stereocenters. The number of anilines is 1. The highest BCUT2D eigenvalue weighted by Crippen LogP contribution is 2.34. The third kappa shape index (κ3) is 1.99. The lowest BCUT2D eigenvalue weighted by atomic mass is 10.1. The first kappa shape index (κ1) is 11.2. The predicted octanol–water partition coefficient (Wildman–Crippen LogP) is 0.896. The Morgan fingerprint density at radius 2 is 2.38 bits per heavy atom. The van der Waals surface area contributed by atoms with Gasteiger partial charge in [0.15, 0.2) is 0 Å². The van der Waals surface area contributed by atoms with Crippen molar-refractivity contribution < 1.29 is 9.84 Å². The Morgan fingerprint density at radius 1 is 1.62 bits per heavy atom. The molecule has 0 spiro atoms. The summed E-state index contributed by atoms with van der Waals surface area (Å²) in [5, 5.41) is 9.68. The average molecular weight is 222 g/mol. The van der Waals surface area contributed by atoms with E-state index in [2.05, 4.69) is 4.90 Å². The summed E-state index contributed by atoms with van der Waals surface area (Å²) in [6.45, 7) is 3.14. The van der Waals surface area contributed by atoms with Gasteiger partial charge in [-0.3, -0.25) is 0 Å². The van der Waals surface area contributed by atoms with Crippen LogP contribution in [0.25, 0.3) is 0 Å². The highest BCUT2D eigenvalue weighted by atomic mass is 16.5. The molecule has 2 unspecified atom stereocenters. The highest BCUT2D eigenvalue weighted by molar-refractivity contribution is 5.61. The first-order valence-electron chi connectivity index (χ1n) is 5.51. The first-order chi connectivity index (χ1) is 7.61. The molecule has 0 bridgehead atoms. The molecular formula is C12H18N2O2. The van der Waals surface area contributed by atoms with Crippen LogP contribution < -0.4 is 15.4 Å². The summed E-state index contributed by atoms with van der Waals surface area (Å²) in [6.07, 6.45) is -0.402. The van der Waals surface area contributed by atoms with Crippen LogP contribution >= 0.6 is 0 Å². The van der Waals surface area contributed by atoms with Crippen LogP contribution in [0.4, 0.5) is 5.69 Å². The fourth-order valence-corrected chi connectivity index (χ4v) is 2.01. The zero-order chi connectivity index (χ0) is 11.7. The number of benzene rings is 1. The number of aliphatic hydroxyl groups is 1. The number of fused-ring (bicyclic) bond motifs is 1. The second-order valence-electron chi connectivity index (χ2n) is 4.29. The molecule has 2 rings (SSSR count). The smallest absolute Gasteiger partial charge is 0.143 e. The summed E-state index contributed by atoms with van der Waals surface area (Å²) in [6, 6.07) is 5.71. The number of ether oxygens (including phenoxy) is 1. The van der Waals surface area contributed by atoms with Gasteiger partial charge in [0.25, 0.3) is 0 Å². The number of likely N-dealkylation sites (N-methyl/N-ethyl adjacent to an activating group) is 1. The zero-order valence-electron chi connectivity index (χ0n) is 9.68. The standard InChI is InChI=1S/C12H18N2O2/c1-8-7-14(2)10-5-9(11(15)6-13)3-4-12(10)16-8/h3-5,8,11,15H,6-7,13H2,1-2H3. The maximum Gasteiger partial charge on any atom is 0.143 e. The maximum atomic E-state index is 9.68. The molecule has 0 radical (unpaired) electrons. The third-order valence-corrected chi connectivity index (χ3v) is 2.86. The molecule has 1 aliphatic heterocycles. The number of aliphatic hydroxyl groups excluding tert-OH is 1. The summed E-state index contributed by atoms with van der Waals surface area (Å²) in [7, 11) is 2.02. The molecule has 1 aromatic carbocycles. The first-order valence-corrected chi connectivity index (χ1v) is 5.51. The molecular weight excluding hydrogens is 204 g/mol. The van der Waals surface area contributed by atoms with Gasteiger partial charge < -0.3 is 20.5 Å². The lowest BCUT2D eigenvalue weighted by Crippen LogP contribution is -2.35. The Kier molecular flexibility index (Phi) is 3.03. The van der Waals surface area contributed by atoms with Crippen molar-refractivity contribution in [3.05, 3.63) is 23.8 Å². The van der Waals surface area contributed by atoms with Crippen molar-refractivity contribution in [1.82, 2.24) is 0 Å². The van der Waals surface area contributed by atoms with Crippen LogP contribution in [0.5, 0.6) is 5.75 Å². The van der Waals surface area contributed by atoms with Gasteiger partial charge in [-0.1, -0.05) is 6.07 Å². The molecule has 3 N–H and O–H groups in total. The van der Waals surface area contributed by atoms with E-state index >= 15 is 0 Å². The monoisotopic (exact) mass is 222 g/mol. The van der Waals surface area contributed by atoms with Crippen LogP contribution in [-0.2, 0) is 0 Å². The fraction of sp³-hybridized carbons (Fsp3) is 0.500. The van der Waals surface area contributed by atoms with Gasteiger partial charge in [-0.25, -0.2) is 0 Å². The van der Waals surface area contributed by atoms with E-state index in [4.69, 9.17) is 10.5 Å². The van der Waals surface area contributed by atoms with Crippen LogP contribution in [-0.4, -0.2) is 31.3 Å². The Balaban J connectivity index is 2.34. The van der Waals surface area contributed by atoms with Gasteiger partial charge in [-0.2, -0.15) is 0 Å². The van der Waals surface area contributed by atoms with E-state index in [1.165, 1.54) is 0 Å². The Morgan fingerprint density at radius 3 is 3.06 bits per heavy atom. The minimum Gasteiger partial charge on any atom is -0.487 e. The SMILES string of the molecule is CC1CN(C)c2cc(C(O)CN)ccc2O1. The van der Waals surface area contributed by atoms with Crippen LogP contribution in [0.1, 0.15) is 18.6 Å². The highest BCUT2D eigenvalue weighted by Gasteiger charge is 2.21. The lowest BCUT2D eigenvalue weighted by Gasteiger charge is -2.32. The normalized spacial score (nSPS) is 21.2. The van der Waals surface area contributed by atoms with E-state index in [1.54, 1.807) is 0 Å². The molecule has 0 aromatic heterocycles. The van der Waals surface area contributed by atoms with E-state index in [0.717, 1.165) is 23.5 Å². The molecule has 88 valence electrons. The molecule has 0 aliphatic carbocycles. The van der Waals surface area contributed by atoms with E-state index < -0.39 is 6.10 Å². The van der Waals surface area contributed by atoms with Crippen molar-refractivity contribution in [1.29, 1.82) is 0 Å². The van der Waals surface area contributed by atoms with Crippen molar-refractivity contribution in [3.8, 4) is 5.75 Å². The molecule has 4 nitrogen and oxygen atoms in total. The third-order valence-electron chi connectivity index (χ3n) is 2.86. The van der Waals surface area contributed by atoms with Crippen LogP contribution in [0, 0.1) is 0 Å². The van der Waals surface area contributed by atoms with Gasteiger partial charge in [-0.15, -0.1) is 0 Å². The van der Waals surface area contributed by atoms with Crippen molar-refractivity contribution in [2.75, 3.05) is 25.0 Å². The van der Waals surface area contributed by atoms with Gasteiger partial charge >= 0.3 is 0 Å². The van der Waals surface area contributed by atoms with Gasteiger partial charge in [-0.05, 0) is 24.6 Å². The molecule has 0 amide bonds. The summed E-state index contributed by atoms with van der Waals surface area (Å²) in [4.78, 5) is 2.14. The maximum absolute atomic E-state index is 9.68. The average Bonchev–Trinajstić information content (AvgIpc) is 2.27.